The van der Waals surface area contributed by atoms with Crippen molar-refractivity contribution < 1.29 is 9.53 Å². The van der Waals surface area contributed by atoms with E-state index in [1.165, 1.54) is 0 Å². The lowest BCUT2D eigenvalue weighted by Crippen LogP contribution is -2.40. The summed E-state index contributed by atoms with van der Waals surface area (Å²) in [6, 6.07) is 9.86. The summed E-state index contributed by atoms with van der Waals surface area (Å²) in [6.07, 6.45) is 4.06. The summed E-state index contributed by atoms with van der Waals surface area (Å²) >= 11 is 0. The Morgan fingerprint density at radius 1 is 1.20 bits per heavy atom. The van der Waals surface area contributed by atoms with E-state index in [4.69, 9.17) is 4.74 Å². The van der Waals surface area contributed by atoms with Crippen molar-refractivity contribution in [2.75, 3.05) is 6.54 Å². The van der Waals surface area contributed by atoms with Crippen molar-refractivity contribution in [3.8, 4) is 0 Å². The second kappa shape index (κ2) is 6.60. The van der Waals surface area contributed by atoms with Gasteiger partial charge in [-0.05, 0) is 24.3 Å². The zero-order chi connectivity index (χ0) is 14.5. The van der Waals surface area contributed by atoms with E-state index >= 15 is 0 Å². The maximum absolute atomic E-state index is 12.3. The number of carbonyl (C=O) groups is 1. The van der Waals surface area contributed by atoms with Crippen LogP contribution in [-0.4, -0.2) is 23.6 Å². The highest BCUT2D eigenvalue weighted by atomic mass is 16.6. The van der Waals surface area contributed by atoms with Crippen LogP contribution in [-0.2, 0) is 11.3 Å². The molecule has 0 spiro atoms. The Morgan fingerprint density at radius 3 is 2.60 bits per heavy atom. The molecule has 1 aromatic rings. The van der Waals surface area contributed by atoms with Gasteiger partial charge in [0.25, 0.3) is 0 Å². The second-order valence-electron chi connectivity index (χ2n) is 5.65. The molecule has 1 heterocycles. The SMILES string of the molecule is C[C@@H]1C=C[C@H](C)[C@@H](C)CN1C(=O)OCc1ccccc1. The number of rotatable bonds is 2. The Hall–Kier alpha value is -1.77. The predicted molar refractivity (Wildman–Crippen MR) is 80.3 cm³/mol. The Bertz CT molecular complexity index is 469. The van der Waals surface area contributed by atoms with Crippen LogP contribution in [0.15, 0.2) is 42.5 Å². The Kier molecular flexibility index (Phi) is 4.83. The van der Waals surface area contributed by atoms with E-state index in [1.807, 2.05) is 42.2 Å². The van der Waals surface area contributed by atoms with Gasteiger partial charge in [0.05, 0.1) is 6.04 Å². The van der Waals surface area contributed by atoms with Crippen molar-refractivity contribution in [3.05, 3.63) is 48.0 Å². The lowest BCUT2D eigenvalue weighted by atomic mass is 9.96. The van der Waals surface area contributed by atoms with E-state index in [1.54, 1.807) is 0 Å². The molecule has 1 aromatic carbocycles. The van der Waals surface area contributed by atoms with Crippen molar-refractivity contribution in [2.24, 2.45) is 11.8 Å². The minimum atomic E-state index is -0.230. The summed E-state index contributed by atoms with van der Waals surface area (Å²) in [6.45, 7) is 7.46. The van der Waals surface area contributed by atoms with E-state index in [0.717, 1.165) is 12.1 Å². The summed E-state index contributed by atoms with van der Waals surface area (Å²) in [5.74, 6) is 0.935. The van der Waals surface area contributed by atoms with Gasteiger partial charge >= 0.3 is 6.09 Å². The monoisotopic (exact) mass is 273 g/mol. The number of allylic oxidation sites excluding steroid dienone is 1. The van der Waals surface area contributed by atoms with Gasteiger partial charge in [-0.25, -0.2) is 4.79 Å². The van der Waals surface area contributed by atoms with Gasteiger partial charge in [-0.15, -0.1) is 0 Å². The zero-order valence-corrected chi connectivity index (χ0v) is 12.5. The molecule has 1 aliphatic heterocycles. The van der Waals surface area contributed by atoms with Crippen molar-refractivity contribution in [1.29, 1.82) is 0 Å². The maximum Gasteiger partial charge on any atom is 0.410 e. The van der Waals surface area contributed by atoms with E-state index in [-0.39, 0.29) is 12.1 Å². The van der Waals surface area contributed by atoms with Crippen LogP contribution in [0.1, 0.15) is 26.3 Å². The van der Waals surface area contributed by atoms with Crippen LogP contribution in [0.3, 0.4) is 0 Å². The molecular formula is C17H23NO2. The lowest BCUT2D eigenvalue weighted by molar-refractivity contribution is 0.0837. The second-order valence-corrected chi connectivity index (χ2v) is 5.65. The average molecular weight is 273 g/mol. The van der Waals surface area contributed by atoms with Crippen LogP contribution in [0.4, 0.5) is 4.79 Å². The highest BCUT2D eigenvalue weighted by Crippen LogP contribution is 2.21. The van der Waals surface area contributed by atoms with Gasteiger partial charge in [0.2, 0.25) is 0 Å². The van der Waals surface area contributed by atoms with Crippen molar-refractivity contribution in [1.82, 2.24) is 4.90 Å². The van der Waals surface area contributed by atoms with E-state index in [0.29, 0.717) is 18.4 Å². The third kappa shape index (κ3) is 3.62. The number of benzene rings is 1. The Labute approximate surface area is 121 Å². The first-order chi connectivity index (χ1) is 9.58. The molecule has 3 heteroatoms. The number of hydrogen-bond donors (Lipinski definition) is 0. The molecule has 0 unspecified atom stereocenters. The molecule has 0 N–H and O–H groups in total. The van der Waals surface area contributed by atoms with Crippen molar-refractivity contribution >= 4 is 6.09 Å². The summed E-state index contributed by atoms with van der Waals surface area (Å²) in [4.78, 5) is 14.1. The topological polar surface area (TPSA) is 29.5 Å². The molecule has 0 fully saturated rings. The average Bonchev–Trinajstić information content (AvgIpc) is 2.59. The molecule has 3 nitrogen and oxygen atoms in total. The van der Waals surface area contributed by atoms with E-state index in [9.17, 15) is 4.79 Å². The first kappa shape index (κ1) is 14.6. The molecule has 0 saturated heterocycles. The number of amides is 1. The van der Waals surface area contributed by atoms with Gasteiger partial charge in [0.15, 0.2) is 0 Å². The summed E-state index contributed by atoms with van der Waals surface area (Å²) in [5.41, 5.74) is 1.01. The minimum Gasteiger partial charge on any atom is -0.445 e. The number of hydrogen-bond acceptors (Lipinski definition) is 2. The highest BCUT2D eigenvalue weighted by molar-refractivity contribution is 5.68. The summed E-state index contributed by atoms with van der Waals surface area (Å²) in [5, 5.41) is 0. The van der Waals surface area contributed by atoms with Crippen LogP contribution in [0, 0.1) is 11.8 Å². The molecule has 0 radical (unpaired) electrons. The van der Waals surface area contributed by atoms with Gasteiger partial charge in [-0.1, -0.05) is 56.3 Å². The molecule has 2 rings (SSSR count). The number of nitrogens with zero attached hydrogens (tertiary/aromatic N) is 1. The van der Waals surface area contributed by atoms with E-state index in [2.05, 4.69) is 26.0 Å². The maximum atomic E-state index is 12.3. The Morgan fingerprint density at radius 2 is 1.90 bits per heavy atom. The molecule has 0 saturated carbocycles. The van der Waals surface area contributed by atoms with Gasteiger partial charge in [0.1, 0.15) is 6.61 Å². The number of ether oxygens (including phenoxy) is 1. The van der Waals surface area contributed by atoms with Gasteiger partial charge < -0.3 is 9.64 Å². The fraction of sp³-hybridized carbons (Fsp3) is 0.471. The molecule has 3 atom stereocenters. The van der Waals surface area contributed by atoms with Crippen LogP contribution >= 0.6 is 0 Å². The third-order valence-electron chi connectivity index (χ3n) is 4.01. The smallest absolute Gasteiger partial charge is 0.410 e. The fourth-order valence-corrected chi connectivity index (χ4v) is 2.32. The van der Waals surface area contributed by atoms with Gasteiger partial charge in [-0.3, -0.25) is 0 Å². The summed E-state index contributed by atoms with van der Waals surface area (Å²) < 4.78 is 5.43. The van der Waals surface area contributed by atoms with Gasteiger partial charge in [0, 0.05) is 6.54 Å². The van der Waals surface area contributed by atoms with Crippen LogP contribution in [0.25, 0.3) is 0 Å². The predicted octanol–water partition coefficient (Wildman–Crippen LogP) is 3.86. The highest BCUT2D eigenvalue weighted by Gasteiger charge is 2.26. The Balaban J connectivity index is 1.96. The van der Waals surface area contributed by atoms with Gasteiger partial charge in [-0.2, -0.15) is 0 Å². The quantitative estimate of drug-likeness (QED) is 0.766. The van der Waals surface area contributed by atoms with E-state index < -0.39 is 0 Å². The molecule has 0 aliphatic carbocycles. The normalized spacial score (nSPS) is 26.1. The largest absolute Gasteiger partial charge is 0.445 e. The molecule has 108 valence electrons. The van der Waals surface area contributed by atoms with Crippen LogP contribution < -0.4 is 0 Å². The first-order valence-electron chi connectivity index (χ1n) is 7.23. The molecule has 0 aromatic heterocycles. The molecular weight excluding hydrogens is 250 g/mol. The molecule has 1 amide bonds. The van der Waals surface area contributed by atoms with Crippen LogP contribution in [0.2, 0.25) is 0 Å². The molecule has 20 heavy (non-hydrogen) atoms. The number of carbonyl (C=O) groups excluding carboxylic acids is 1. The standard InChI is InChI=1S/C17H23NO2/c1-13-9-10-15(3)18(11-14(13)2)17(19)20-12-16-7-5-4-6-8-16/h4-10,13-15H,11-12H2,1-3H3/t13-,14-,15+/m0/s1. The fourth-order valence-electron chi connectivity index (χ4n) is 2.32. The lowest BCUT2D eigenvalue weighted by Gasteiger charge is -2.28. The summed E-state index contributed by atoms with van der Waals surface area (Å²) in [7, 11) is 0. The van der Waals surface area contributed by atoms with Crippen molar-refractivity contribution in [2.45, 2.75) is 33.4 Å². The molecule has 1 aliphatic rings. The minimum absolute atomic E-state index is 0.0886. The first-order valence-corrected chi connectivity index (χ1v) is 7.23. The molecule has 0 bridgehead atoms. The van der Waals surface area contributed by atoms with Crippen molar-refractivity contribution in [3.63, 3.8) is 0 Å². The zero-order valence-electron chi connectivity index (χ0n) is 12.5. The van der Waals surface area contributed by atoms with Crippen LogP contribution in [0.5, 0.6) is 0 Å². The third-order valence-corrected chi connectivity index (χ3v) is 4.01.